The van der Waals surface area contributed by atoms with Crippen molar-refractivity contribution >= 4 is 35.9 Å². The molecule has 9 nitrogen and oxygen atoms in total. The van der Waals surface area contributed by atoms with Gasteiger partial charge in [0, 0.05) is 26.2 Å². The van der Waals surface area contributed by atoms with Crippen LogP contribution in [0.5, 0.6) is 0 Å². The van der Waals surface area contributed by atoms with Crippen molar-refractivity contribution in [1.29, 1.82) is 0 Å². The molecule has 0 unspecified atom stereocenters. The van der Waals surface area contributed by atoms with Gasteiger partial charge >= 0.3 is 12.1 Å². The van der Waals surface area contributed by atoms with Crippen molar-refractivity contribution in [2.75, 3.05) is 38.2 Å². The molecule has 1 fully saturated rings. The summed E-state index contributed by atoms with van der Waals surface area (Å²) >= 11 is 6.11. The molecule has 2 rings (SSSR count). The monoisotopic (exact) mass is 356 g/mol. The van der Waals surface area contributed by atoms with E-state index in [0.717, 1.165) is 0 Å². The summed E-state index contributed by atoms with van der Waals surface area (Å²) in [6.07, 6.45) is -0.458. The molecule has 0 bridgehead atoms. The number of ether oxygens (including phenoxy) is 1. The van der Waals surface area contributed by atoms with Gasteiger partial charge in [0.2, 0.25) is 6.41 Å². The second-order valence-corrected chi connectivity index (χ2v) is 5.44. The van der Waals surface area contributed by atoms with E-state index >= 15 is 0 Å². The highest BCUT2D eigenvalue weighted by Crippen LogP contribution is 2.26. The molecule has 130 valence electrons. The molecule has 0 radical (unpaired) electrons. The van der Waals surface area contributed by atoms with E-state index in [1.165, 1.54) is 18.1 Å². The Bertz CT molecular complexity index is 646. The van der Waals surface area contributed by atoms with Gasteiger partial charge in [0.25, 0.3) is 0 Å². The molecule has 0 saturated carbocycles. The van der Waals surface area contributed by atoms with E-state index in [4.69, 9.17) is 21.4 Å². The first kappa shape index (κ1) is 17.8. The summed E-state index contributed by atoms with van der Waals surface area (Å²) < 4.78 is 4.76. The molecule has 2 heterocycles. The second-order valence-electron chi connectivity index (χ2n) is 5.04. The highest BCUT2D eigenvalue weighted by molar-refractivity contribution is 6.31. The number of hydrogen-bond acceptors (Lipinski definition) is 6. The molecular formula is C14H17ClN4O5. The number of carbonyl (C=O) groups is 3. The number of nitrogens with one attached hydrogen (secondary N) is 1. The normalized spacial score (nSPS) is 14.2. The predicted octanol–water partition coefficient (Wildman–Crippen LogP) is 0.568. The fourth-order valence-electron chi connectivity index (χ4n) is 2.39. The van der Waals surface area contributed by atoms with Crippen LogP contribution < -0.4 is 10.2 Å². The molecular weight excluding hydrogens is 340 g/mol. The van der Waals surface area contributed by atoms with E-state index < -0.39 is 12.1 Å². The topological polar surface area (TPSA) is 112 Å². The molecule has 0 spiro atoms. The first-order chi connectivity index (χ1) is 11.5. The highest BCUT2D eigenvalue weighted by atomic mass is 35.5. The number of anilines is 1. The smallest absolute Gasteiger partial charge is 0.407 e. The standard InChI is InChI=1S/C14H17ClN4O5/c1-24-13(21)9-6-10(15)11(7-16-8-20)17-12(9)18-2-4-19(5-3-18)14(22)23/h6,8H,2-5,7H2,1H3,(H,16,20)(H,22,23). The lowest BCUT2D eigenvalue weighted by Crippen LogP contribution is -2.49. The average Bonchev–Trinajstić information content (AvgIpc) is 2.59. The van der Waals surface area contributed by atoms with Crippen molar-refractivity contribution in [3.05, 3.63) is 22.3 Å². The molecule has 10 heteroatoms. The third kappa shape index (κ3) is 3.85. The number of pyridine rings is 1. The quantitative estimate of drug-likeness (QED) is 0.585. The molecule has 2 N–H and O–H groups in total. The fraction of sp³-hybridized carbons (Fsp3) is 0.429. The van der Waals surface area contributed by atoms with E-state index in [-0.39, 0.29) is 17.1 Å². The lowest BCUT2D eigenvalue weighted by atomic mass is 10.2. The van der Waals surface area contributed by atoms with E-state index in [1.807, 2.05) is 0 Å². The highest BCUT2D eigenvalue weighted by Gasteiger charge is 2.26. The number of carbonyl (C=O) groups excluding carboxylic acids is 2. The van der Waals surface area contributed by atoms with Gasteiger partial charge in [-0.1, -0.05) is 11.6 Å². The third-order valence-electron chi connectivity index (χ3n) is 3.64. The molecule has 2 amide bonds. The Morgan fingerprint density at radius 2 is 2.08 bits per heavy atom. The third-order valence-corrected chi connectivity index (χ3v) is 3.96. The Morgan fingerprint density at radius 1 is 1.42 bits per heavy atom. The number of methoxy groups -OCH3 is 1. The van der Waals surface area contributed by atoms with Gasteiger partial charge in [-0.15, -0.1) is 0 Å². The van der Waals surface area contributed by atoms with Crippen LogP contribution in [0, 0.1) is 0 Å². The Labute approximate surface area is 143 Å². The number of halogens is 1. The van der Waals surface area contributed by atoms with Crippen molar-refractivity contribution in [1.82, 2.24) is 15.2 Å². The summed E-state index contributed by atoms with van der Waals surface area (Å²) in [6, 6.07) is 1.45. The van der Waals surface area contributed by atoms with Gasteiger partial charge in [0.05, 0.1) is 24.4 Å². The Morgan fingerprint density at radius 3 is 2.62 bits per heavy atom. The minimum atomic E-state index is -0.984. The van der Waals surface area contributed by atoms with Crippen molar-refractivity contribution in [3.63, 3.8) is 0 Å². The zero-order valence-corrected chi connectivity index (χ0v) is 13.7. The van der Waals surface area contributed by atoms with E-state index in [1.54, 1.807) is 4.90 Å². The molecule has 0 aromatic carbocycles. The van der Waals surface area contributed by atoms with Crippen LogP contribution in [0.1, 0.15) is 16.1 Å². The van der Waals surface area contributed by atoms with Crippen LogP contribution in [-0.2, 0) is 16.1 Å². The fourth-order valence-corrected chi connectivity index (χ4v) is 2.61. The summed E-state index contributed by atoms with van der Waals surface area (Å²) in [6.45, 7) is 1.47. The maximum absolute atomic E-state index is 12.0. The number of esters is 1. The van der Waals surface area contributed by atoms with Gasteiger partial charge in [-0.2, -0.15) is 0 Å². The maximum atomic E-state index is 12.0. The van der Waals surface area contributed by atoms with Gasteiger partial charge in [-0.3, -0.25) is 4.79 Å². The lowest BCUT2D eigenvalue weighted by molar-refractivity contribution is -0.109. The maximum Gasteiger partial charge on any atom is 0.407 e. The summed E-state index contributed by atoms with van der Waals surface area (Å²) in [5.41, 5.74) is 0.605. The van der Waals surface area contributed by atoms with E-state index in [9.17, 15) is 14.4 Å². The van der Waals surface area contributed by atoms with Crippen LogP contribution >= 0.6 is 11.6 Å². The van der Waals surface area contributed by atoms with Crippen molar-refractivity contribution in [3.8, 4) is 0 Å². The number of aromatic nitrogens is 1. The zero-order chi connectivity index (χ0) is 17.7. The Balaban J connectivity index is 2.33. The molecule has 1 aromatic rings. The number of hydrogen-bond donors (Lipinski definition) is 2. The van der Waals surface area contributed by atoms with Gasteiger partial charge in [-0.25, -0.2) is 14.6 Å². The molecule has 1 aromatic heterocycles. The van der Waals surface area contributed by atoms with E-state index in [2.05, 4.69) is 10.3 Å². The Hall–Kier alpha value is -2.55. The summed E-state index contributed by atoms with van der Waals surface area (Å²) in [5, 5.41) is 11.7. The number of piperazine rings is 1. The minimum absolute atomic E-state index is 0.117. The van der Waals surface area contributed by atoms with Gasteiger partial charge in [0.15, 0.2) is 0 Å². The number of carboxylic acid groups (broad SMARTS) is 1. The Kier molecular flexibility index (Phi) is 5.80. The summed E-state index contributed by atoms with van der Waals surface area (Å²) in [5.74, 6) is -0.228. The number of rotatable bonds is 5. The predicted molar refractivity (Wildman–Crippen MR) is 85.3 cm³/mol. The average molecular weight is 357 g/mol. The zero-order valence-electron chi connectivity index (χ0n) is 13.0. The van der Waals surface area contributed by atoms with E-state index in [0.29, 0.717) is 44.1 Å². The van der Waals surface area contributed by atoms with Crippen LogP contribution in [0.4, 0.5) is 10.6 Å². The molecule has 1 saturated heterocycles. The molecule has 1 aliphatic heterocycles. The van der Waals surface area contributed by atoms with Crippen LogP contribution in [0.3, 0.4) is 0 Å². The van der Waals surface area contributed by atoms with Gasteiger partial charge in [0.1, 0.15) is 11.4 Å². The van der Waals surface area contributed by atoms with Crippen LogP contribution in [0.15, 0.2) is 6.07 Å². The van der Waals surface area contributed by atoms with Crippen molar-refractivity contribution < 1.29 is 24.2 Å². The second kappa shape index (κ2) is 7.82. The van der Waals surface area contributed by atoms with Crippen LogP contribution in [0.25, 0.3) is 0 Å². The van der Waals surface area contributed by atoms with Crippen molar-refractivity contribution in [2.45, 2.75) is 6.54 Å². The largest absolute Gasteiger partial charge is 0.465 e. The SMILES string of the molecule is COC(=O)c1cc(Cl)c(CNC=O)nc1N1CCN(C(=O)O)CC1. The molecule has 24 heavy (non-hydrogen) atoms. The first-order valence-electron chi connectivity index (χ1n) is 7.15. The van der Waals surface area contributed by atoms with Crippen LogP contribution in [0.2, 0.25) is 5.02 Å². The minimum Gasteiger partial charge on any atom is -0.465 e. The van der Waals surface area contributed by atoms with Gasteiger partial charge in [-0.05, 0) is 6.07 Å². The lowest BCUT2D eigenvalue weighted by Gasteiger charge is -2.34. The van der Waals surface area contributed by atoms with Gasteiger partial charge < -0.3 is 25.0 Å². The van der Waals surface area contributed by atoms with Crippen molar-refractivity contribution in [2.24, 2.45) is 0 Å². The molecule has 0 atom stereocenters. The molecule has 1 aliphatic rings. The summed E-state index contributed by atoms with van der Waals surface area (Å²) in [4.78, 5) is 40.9. The molecule has 0 aliphatic carbocycles. The summed E-state index contributed by atoms with van der Waals surface area (Å²) in [7, 11) is 1.25. The van der Waals surface area contributed by atoms with Crippen LogP contribution in [-0.4, -0.2) is 66.8 Å². The number of nitrogens with zero attached hydrogens (tertiary/aromatic N) is 3. The first-order valence-corrected chi connectivity index (χ1v) is 7.53. The number of amides is 2.